The number of piperazine rings is 1. The summed E-state index contributed by atoms with van der Waals surface area (Å²) < 4.78 is 15.1. The van der Waals surface area contributed by atoms with Gasteiger partial charge in [0.05, 0.1) is 17.4 Å². The van der Waals surface area contributed by atoms with Crippen LogP contribution in [0.2, 0.25) is 0 Å². The molecule has 142 valence electrons. The molecule has 4 rings (SSSR count). The third-order valence-corrected chi connectivity index (χ3v) is 5.34. The predicted octanol–water partition coefficient (Wildman–Crippen LogP) is 4.08. The zero-order valence-electron chi connectivity index (χ0n) is 16.2. The van der Waals surface area contributed by atoms with E-state index in [1.54, 1.807) is 12.1 Å². The van der Waals surface area contributed by atoms with Crippen LogP contribution in [0, 0.1) is 18.7 Å². The lowest BCUT2D eigenvalue weighted by Gasteiger charge is -2.38. The van der Waals surface area contributed by atoms with Crippen LogP contribution in [-0.2, 0) is 0 Å². The van der Waals surface area contributed by atoms with Crippen molar-refractivity contribution in [3.63, 3.8) is 0 Å². The van der Waals surface area contributed by atoms with Crippen molar-refractivity contribution in [1.82, 2.24) is 20.0 Å². The monoisotopic (exact) mass is 366 g/mol. The summed E-state index contributed by atoms with van der Waals surface area (Å²) in [6, 6.07) is 11.4. The van der Waals surface area contributed by atoms with Crippen molar-refractivity contribution in [2.75, 3.05) is 26.2 Å². The summed E-state index contributed by atoms with van der Waals surface area (Å²) in [7, 11) is 0. The Hall–Kier alpha value is -2.24. The SMILES string of the molecule is Cc1cc2c(cnn2-c2ccc(F)cc2)cc1[C@H]1CNCCN1CC(C)C. The number of nitrogens with zero attached hydrogens (tertiary/aromatic N) is 3. The first-order valence-electron chi connectivity index (χ1n) is 9.72. The van der Waals surface area contributed by atoms with E-state index >= 15 is 0 Å². The van der Waals surface area contributed by atoms with Gasteiger partial charge >= 0.3 is 0 Å². The van der Waals surface area contributed by atoms with Gasteiger partial charge in [0.25, 0.3) is 0 Å². The molecule has 1 aliphatic heterocycles. The van der Waals surface area contributed by atoms with Crippen molar-refractivity contribution in [1.29, 1.82) is 0 Å². The maximum atomic E-state index is 13.3. The van der Waals surface area contributed by atoms with Crippen LogP contribution in [0.4, 0.5) is 4.39 Å². The summed E-state index contributed by atoms with van der Waals surface area (Å²) in [5.41, 5.74) is 4.57. The lowest BCUT2D eigenvalue weighted by molar-refractivity contribution is 0.144. The standard InChI is InChI=1S/C22H27FN4/c1-15(2)14-26-9-8-24-13-22(26)20-11-17-12-25-27(21(17)10-16(20)3)19-6-4-18(23)5-7-19/h4-7,10-12,15,22,24H,8-9,13-14H2,1-3H3/t22-/m1/s1. The van der Waals surface area contributed by atoms with Crippen molar-refractivity contribution in [2.24, 2.45) is 5.92 Å². The van der Waals surface area contributed by atoms with E-state index in [9.17, 15) is 4.39 Å². The number of halogens is 1. The van der Waals surface area contributed by atoms with Crippen LogP contribution in [0.5, 0.6) is 0 Å². The first kappa shape index (κ1) is 18.1. The van der Waals surface area contributed by atoms with Gasteiger partial charge in [0, 0.05) is 37.6 Å². The number of fused-ring (bicyclic) bond motifs is 1. The van der Waals surface area contributed by atoms with Crippen LogP contribution in [0.3, 0.4) is 0 Å². The average Bonchev–Trinajstić information content (AvgIpc) is 3.04. The molecule has 2 aromatic carbocycles. The molecule has 1 aromatic heterocycles. The lowest BCUT2D eigenvalue weighted by Crippen LogP contribution is -2.47. The molecule has 1 saturated heterocycles. The van der Waals surface area contributed by atoms with E-state index in [2.05, 4.69) is 48.2 Å². The normalized spacial score (nSPS) is 18.5. The Labute approximate surface area is 160 Å². The Balaban J connectivity index is 1.73. The molecule has 0 spiro atoms. The van der Waals surface area contributed by atoms with E-state index in [-0.39, 0.29) is 5.82 Å². The molecule has 0 unspecified atom stereocenters. The van der Waals surface area contributed by atoms with Crippen LogP contribution < -0.4 is 5.32 Å². The highest BCUT2D eigenvalue weighted by atomic mass is 19.1. The largest absolute Gasteiger partial charge is 0.314 e. The fourth-order valence-corrected chi connectivity index (χ4v) is 4.08. The summed E-state index contributed by atoms with van der Waals surface area (Å²) in [5.74, 6) is 0.416. The first-order valence-corrected chi connectivity index (χ1v) is 9.72. The van der Waals surface area contributed by atoms with Gasteiger partial charge in [-0.2, -0.15) is 5.10 Å². The molecular formula is C22H27FN4. The highest BCUT2D eigenvalue weighted by molar-refractivity contribution is 5.82. The minimum atomic E-state index is -0.233. The van der Waals surface area contributed by atoms with E-state index < -0.39 is 0 Å². The quantitative estimate of drug-likeness (QED) is 0.755. The Morgan fingerprint density at radius 1 is 1.22 bits per heavy atom. The summed E-state index contributed by atoms with van der Waals surface area (Å²) in [6.45, 7) is 11.0. The maximum Gasteiger partial charge on any atom is 0.123 e. The number of hydrogen-bond acceptors (Lipinski definition) is 3. The molecule has 2 heterocycles. The third kappa shape index (κ3) is 3.62. The number of rotatable bonds is 4. The van der Waals surface area contributed by atoms with Gasteiger partial charge in [0.15, 0.2) is 0 Å². The number of aryl methyl sites for hydroxylation is 1. The van der Waals surface area contributed by atoms with Crippen molar-refractivity contribution in [3.8, 4) is 5.69 Å². The smallest absolute Gasteiger partial charge is 0.123 e. The van der Waals surface area contributed by atoms with Crippen LogP contribution in [0.15, 0.2) is 42.6 Å². The van der Waals surface area contributed by atoms with Gasteiger partial charge in [-0.15, -0.1) is 0 Å². The summed E-state index contributed by atoms with van der Waals surface area (Å²) >= 11 is 0. The average molecular weight is 366 g/mol. The van der Waals surface area contributed by atoms with Gasteiger partial charge in [-0.1, -0.05) is 13.8 Å². The summed E-state index contributed by atoms with van der Waals surface area (Å²) in [5, 5.41) is 9.23. The van der Waals surface area contributed by atoms with E-state index in [0.717, 1.165) is 42.8 Å². The van der Waals surface area contributed by atoms with Crippen molar-refractivity contribution in [3.05, 3.63) is 59.5 Å². The van der Waals surface area contributed by atoms with Crippen LogP contribution >= 0.6 is 0 Å². The zero-order valence-corrected chi connectivity index (χ0v) is 16.2. The maximum absolute atomic E-state index is 13.3. The first-order chi connectivity index (χ1) is 13.0. The third-order valence-electron chi connectivity index (χ3n) is 5.34. The van der Waals surface area contributed by atoms with Gasteiger partial charge in [-0.3, -0.25) is 4.90 Å². The molecule has 4 nitrogen and oxygen atoms in total. The number of benzene rings is 2. The fourth-order valence-electron chi connectivity index (χ4n) is 4.08. The molecule has 0 aliphatic carbocycles. The summed E-state index contributed by atoms with van der Waals surface area (Å²) in [6.07, 6.45) is 1.91. The number of nitrogens with one attached hydrogen (secondary N) is 1. The van der Waals surface area contributed by atoms with Gasteiger partial charge in [-0.25, -0.2) is 9.07 Å². The lowest BCUT2D eigenvalue weighted by atomic mass is 9.96. The highest BCUT2D eigenvalue weighted by Gasteiger charge is 2.26. The molecule has 1 aliphatic rings. The fraction of sp³-hybridized carbons (Fsp3) is 0.409. The summed E-state index contributed by atoms with van der Waals surface area (Å²) in [4.78, 5) is 2.60. The van der Waals surface area contributed by atoms with Crippen molar-refractivity contribution < 1.29 is 4.39 Å². The molecule has 0 amide bonds. The molecule has 1 fully saturated rings. The van der Waals surface area contributed by atoms with E-state index in [4.69, 9.17) is 0 Å². The minimum Gasteiger partial charge on any atom is -0.314 e. The van der Waals surface area contributed by atoms with E-state index in [0.29, 0.717) is 12.0 Å². The molecular weight excluding hydrogens is 339 g/mol. The number of hydrogen-bond donors (Lipinski definition) is 1. The Kier molecular flexibility index (Phi) is 4.98. The van der Waals surface area contributed by atoms with Crippen LogP contribution in [0.1, 0.15) is 31.0 Å². The Morgan fingerprint density at radius 2 is 2.00 bits per heavy atom. The molecule has 27 heavy (non-hydrogen) atoms. The Morgan fingerprint density at radius 3 is 2.74 bits per heavy atom. The van der Waals surface area contributed by atoms with Gasteiger partial charge in [0.2, 0.25) is 0 Å². The second-order valence-corrected chi connectivity index (χ2v) is 7.91. The second kappa shape index (κ2) is 7.41. The predicted molar refractivity (Wildman–Crippen MR) is 108 cm³/mol. The molecule has 1 N–H and O–H groups in total. The molecule has 0 radical (unpaired) electrons. The van der Waals surface area contributed by atoms with Gasteiger partial charge in [-0.05, 0) is 60.4 Å². The molecule has 1 atom stereocenters. The van der Waals surface area contributed by atoms with E-state index in [1.165, 1.54) is 23.3 Å². The van der Waals surface area contributed by atoms with Crippen molar-refractivity contribution in [2.45, 2.75) is 26.8 Å². The van der Waals surface area contributed by atoms with Gasteiger partial charge < -0.3 is 5.32 Å². The molecule has 3 aromatic rings. The molecule has 0 bridgehead atoms. The molecule has 5 heteroatoms. The highest BCUT2D eigenvalue weighted by Crippen LogP contribution is 2.30. The Bertz CT molecular complexity index is 929. The van der Waals surface area contributed by atoms with Crippen LogP contribution in [-0.4, -0.2) is 40.9 Å². The van der Waals surface area contributed by atoms with E-state index in [1.807, 2.05) is 10.9 Å². The topological polar surface area (TPSA) is 33.1 Å². The second-order valence-electron chi connectivity index (χ2n) is 7.91. The minimum absolute atomic E-state index is 0.233. The van der Waals surface area contributed by atoms with Gasteiger partial charge in [0.1, 0.15) is 5.82 Å². The molecule has 0 saturated carbocycles. The number of aromatic nitrogens is 2. The van der Waals surface area contributed by atoms with Crippen LogP contribution in [0.25, 0.3) is 16.6 Å². The zero-order chi connectivity index (χ0) is 19.0. The van der Waals surface area contributed by atoms with Crippen molar-refractivity contribution >= 4 is 10.9 Å².